The Bertz CT molecular complexity index is 975. The lowest BCUT2D eigenvalue weighted by atomic mass is 10.0. The Balaban J connectivity index is 2.23. The molecule has 2 N–H and O–H groups in total. The lowest BCUT2D eigenvalue weighted by Crippen LogP contribution is -2.51. The molecule has 2 aromatic carbocycles. The summed E-state index contributed by atoms with van der Waals surface area (Å²) in [5.74, 6) is -1.98. The number of sulfonamides is 1. The summed E-state index contributed by atoms with van der Waals surface area (Å²) < 4.78 is 32.3. The van der Waals surface area contributed by atoms with Gasteiger partial charge in [-0.3, -0.25) is 9.59 Å². The molecule has 0 spiro atoms. The van der Waals surface area contributed by atoms with Gasteiger partial charge >= 0.3 is 5.97 Å². The Morgan fingerprint density at radius 3 is 2.19 bits per heavy atom. The van der Waals surface area contributed by atoms with E-state index in [9.17, 15) is 23.1 Å². The zero-order valence-electron chi connectivity index (χ0n) is 17.8. The number of hydrogen-bond acceptors (Lipinski definition) is 5. The Hall–Kier alpha value is -2.91. The molecule has 0 aliphatic rings. The number of carboxylic acids is 1. The standard InChI is InChI=1S/C22H28N2O6S/c1-16(2)21(22(26)27)24(31(28,29)19-11-9-18(30-3)10-12-19)15-20(25)23-14-13-17-7-5-4-6-8-17/h4-12,16,21H,13-15H2,1-3H3,(H,23,25)(H,26,27). The number of nitrogens with one attached hydrogen (secondary N) is 1. The first-order chi connectivity index (χ1) is 14.7. The van der Waals surface area contributed by atoms with E-state index in [0.29, 0.717) is 18.7 Å². The SMILES string of the molecule is COc1ccc(S(=O)(=O)N(CC(=O)NCCc2ccccc2)C(C(=O)O)C(C)C)cc1. The number of aliphatic carboxylic acids is 1. The molecule has 0 heterocycles. The molecule has 2 aromatic rings. The van der Waals surface area contributed by atoms with Crippen LogP contribution in [0.3, 0.4) is 0 Å². The third-order valence-electron chi connectivity index (χ3n) is 4.74. The quantitative estimate of drug-likeness (QED) is 0.545. The highest BCUT2D eigenvalue weighted by Crippen LogP contribution is 2.24. The highest BCUT2D eigenvalue weighted by Gasteiger charge is 2.39. The van der Waals surface area contributed by atoms with E-state index in [1.54, 1.807) is 13.8 Å². The summed E-state index contributed by atoms with van der Waals surface area (Å²) in [5, 5.41) is 12.4. The molecular formula is C22H28N2O6S. The maximum Gasteiger partial charge on any atom is 0.322 e. The van der Waals surface area contributed by atoms with Gasteiger partial charge in [-0.2, -0.15) is 4.31 Å². The van der Waals surface area contributed by atoms with Gasteiger partial charge in [0.1, 0.15) is 11.8 Å². The maximum absolute atomic E-state index is 13.3. The van der Waals surface area contributed by atoms with Gasteiger partial charge in [-0.25, -0.2) is 8.42 Å². The number of ether oxygens (including phenoxy) is 1. The fourth-order valence-electron chi connectivity index (χ4n) is 3.15. The first-order valence-corrected chi connectivity index (χ1v) is 11.3. The van der Waals surface area contributed by atoms with Crippen LogP contribution in [0.5, 0.6) is 5.75 Å². The molecule has 0 saturated carbocycles. The number of benzene rings is 2. The zero-order chi connectivity index (χ0) is 23.0. The van der Waals surface area contributed by atoms with Crippen molar-refractivity contribution in [3.05, 3.63) is 60.2 Å². The molecule has 1 atom stereocenters. The molecule has 9 heteroatoms. The van der Waals surface area contributed by atoms with Crippen molar-refractivity contribution >= 4 is 21.9 Å². The Morgan fingerprint density at radius 2 is 1.68 bits per heavy atom. The number of nitrogens with zero attached hydrogens (tertiary/aromatic N) is 1. The summed E-state index contributed by atoms with van der Waals surface area (Å²) in [5.41, 5.74) is 1.02. The van der Waals surface area contributed by atoms with Gasteiger partial charge in [0.25, 0.3) is 0 Å². The topological polar surface area (TPSA) is 113 Å². The molecule has 0 fully saturated rings. The molecule has 0 aromatic heterocycles. The minimum atomic E-state index is -4.25. The van der Waals surface area contributed by atoms with Crippen LogP contribution < -0.4 is 10.1 Å². The van der Waals surface area contributed by atoms with Crippen LogP contribution in [0.25, 0.3) is 0 Å². The molecule has 0 saturated heterocycles. The lowest BCUT2D eigenvalue weighted by molar-refractivity contribution is -0.143. The molecular weight excluding hydrogens is 420 g/mol. The molecule has 8 nitrogen and oxygen atoms in total. The minimum Gasteiger partial charge on any atom is -0.497 e. The van der Waals surface area contributed by atoms with Crippen LogP contribution >= 0.6 is 0 Å². The molecule has 2 rings (SSSR count). The average Bonchev–Trinajstić information content (AvgIpc) is 2.73. The fourth-order valence-corrected chi connectivity index (χ4v) is 4.82. The van der Waals surface area contributed by atoms with Crippen LogP contribution in [0, 0.1) is 5.92 Å². The van der Waals surface area contributed by atoms with E-state index in [0.717, 1.165) is 9.87 Å². The van der Waals surface area contributed by atoms with Crippen molar-refractivity contribution in [2.75, 3.05) is 20.2 Å². The normalized spacial score (nSPS) is 12.5. The van der Waals surface area contributed by atoms with E-state index in [2.05, 4.69) is 5.32 Å². The lowest BCUT2D eigenvalue weighted by Gasteiger charge is -2.30. The van der Waals surface area contributed by atoms with Crippen molar-refractivity contribution in [2.45, 2.75) is 31.2 Å². The molecule has 0 aliphatic heterocycles. The predicted molar refractivity (Wildman–Crippen MR) is 116 cm³/mol. The molecule has 0 bridgehead atoms. The van der Waals surface area contributed by atoms with E-state index in [4.69, 9.17) is 4.74 Å². The smallest absolute Gasteiger partial charge is 0.322 e. The van der Waals surface area contributed by atoms with Gasteiger partial charge in [-0.1, -0.05) is 44.2 Å². The van der Waals surface area contributed by atoms with Crippen LogP contribution in [0.2, 0.25) is 0 Å². The van der Waals surface area contributed by atoms with Crippen LogP contribution in [-0.2, 0) is 26.0 Å². The molecule has 31 heavy (non-hydrogen) atoms. The summed E-state index contributed by atoms with van der Waals surface area (Å²) in [6.07, 6.45) is 0.574. The van der Waals surface area contributed by atoms with Gasteiger partial charge in [0.05, 0.1) is 18.6 Å². The fraction of sp³-hybridized carbons (Fsp3) is 0.364. The molecule has 0 aliphatic carbocycles. The summed E-state index contributed by atoms with van der Waals surface area (Å²) in [4.78, 5) is 24.3. The molecule has 1 amide bonds. The van der Waals surface area contributed by atoms with Gasteiger partial charge in [0.15, 0.2) is 0 Å². The average molecular weight is 449 g/mol. The molecule has 0 radical (unpaired) electrons. The van der Waals surface area contributed by atoms with Crippen molar-refractivity contribution < 1.29 is 27.9 Å². The Labute approximate surface area is 182 Å². The second-order valence-electron chi connectivity index (χ2n) is 7.34. The summed E-state index contributed by atoms with van der Waals surface area (Å²) in [7, 11) is -2.80. The van der Waals surface area contributed by atoms with Crippen molar-refractivity contribution in [1.29, 1.82) is 0 Å². The van der Waals surface area contributed by atoms with E-state index in [1.807, 2.05) is 30.3 Å². The third-order valence-corrected chi connectivity index (χ3v) is 6.58. The first-order valence-electron chi connectivity index (χ1n) is 9.86. The van der Waals surface area contributed by atoms with E-state index < -0.39 is 40.4 Å². The first kappa shape index (κ1) is 24.4. The van der Waals surface area contributed by atoms with Crippen molar-refractivity contribution in [1.82, 2.24) is 9.62 Å². The van der Waals surface area contributed by atoms with Crippen molar-refractivity contribution in [3.8, 4) is 5.75 Å². The highest BCUT2D eigenvalue weighted by molar-refractivity contribution is 7.89. The number of carbonyl (C=O) groups is 2. The third kappa shape index (κ3) is 6.53. The monoisotopic (exact) mass is 448 g/mol. The number of rotatable bonds is 11. The number of hydrogen-bond donors (Lipinski definition) is 2. The summed E-state index contributed by atoms with van der Waals surface area (Å²) in [6.45, 7) is 2.91. The molecule has 1 unspecified atom stereocenters. The zero-order valence-corrected chi connectivity index (χ0v) is 18.6. The van der Waals surface area contributed by atoms with Gasteiger partial charge in [-0.15, -0.1) is 0 Å². The predicted octanol–water partition coefficient (Wildman–Crippen LogP) is 2.15. The Morgan fingerprint density at radius 1 is 1.06 bits per heavy atom. The van der Waals surface area contributed by atoms with Gasteiger partial charge in [-0.05, 0) is 42.2 Å². The summed E-state index contributed by atoms with van der Waals surface area (Å²) in [6, 6.07) is 13.7. The largest absolute Gasteiger partial charge is 0.497 e. The van der Waals surface area contributed by atoms with Crippen LogP contribution in [-0.4, -0.2) is 55.9 Å². The molecule has 168 valence electrons. The van der Waals surface area contributed by atoms with Crippen molar-refractivity contribution in [2.24, 2.45) is 5.92 Å². The van der Waals surface area contributed by atoms with Crippen LogP contribution in [0.1, 0.15) is 19.4 Å². The number of methoxy groups -OCH3 is 1. The van der Waals surface area contributed by atoms with Gasteiger partial charge in [0, 0.05) is 6.54 Å². The minimum absolute atomic E-state index is 0.114. The second-order valence-corrected chi connectivity index (χ2v) is 9.23. The van der Waals surface area contributed by atoms with Crippen molar-refractivity contribution in [3.63, 3.8) is 0 Å². The van der Waals surface area contributed by atoms with Crippen LogP contribution in [0.15, 0.2) is 59.5 Å². The van der Waals surface area contributed by atoms with E-state index in [1.165, 1.54) is 31.4 Å². The Kier molecular flexibility index (Phi) is 8.58. The van der Waals surface area contributed by atoms with E-state index >= 15 is 0 Å². The van der Waals surface area contributed by atoms with Crippen LogP contribution in [0.4, 0.5) is 0 Å². The number of carbonyl (C=O) groups excluding carboxylic acids is 1. The second kappa shape index (κ2) is 10.9. The number of amides is 1. The summed E-state index contributed by atoms with van der Waals surface area (Å²) >= 11 is 0. The number of carboxylic acid groups (broad SMARTS) is 1. The van der Waals surface area contributed by atoms with Gasteiger partial charge in [0.2, 0.25) is 15.9 Å². The van der Waals surface area contributed by atoms with Gasteiger partial charge < -0.3 is 15.2 Å². The maximum atomic E-state index is 13.3. The highest BCUT2D eigenvalue weighted by atomic mass is 32.2. The van der Waals surface area contributed by atoms with E-state index in [-0.39, 0.29) is 4.90 Å².